The van der Waals surface area contributed by atoms with Crippen molar-refractivity contribution in [2.24, 2.45) is 7.05 Å². The summed E-state index contributed by atoms with van der Waals surface area (Å²) < 4.78 is 5.99. The molecule has 0 fully saturated rings. The van der Waals surface area contributed by atoms with E-state index in [4.69, 9.17) is 0 Å². The van der Waals surface area contributed by atoms with Crippen molar-refractivity contribution in [2.75, 3.05) is 11.9 Å². The number of aromatic nitrogens is 4. The second-order valence-electron chi connectivity index (χ2n) is 3.58. The SMILES string of the molecule is CCCNc1snnc1CSc1nccn1C. The summed E-state index contributed by atoms with van der Waals surface area (Å²) in [7, 11) is 1.99. The van der Waals surface area contributed by atoms with Crippen LogP contribution >= 0.6 is 23.3 Å². The zero-order valence-electron chi connectivity index (χ0n) is 9.88. The van der Waals surface area contributed by atoms with E-state index >= 15 is 0 Å². The highest BCUT2D eigenvalue weighted by atomic mass is 32.2. The van der Waals surface area contributed by atoms with Crippen molar-refractivity contribution in [2.45, 2.75) is 24.3 Å². The maximum Gasteiger partial charge on any atom is 0.168 e. The van der Waals surface area contributed by atoms with Gasteiger partial charge in [0.15, 0.2) is 5.16 Å². The van der Waals surface area contributed by atoms with E-state index in [1.165, 1.54) is 11.5 Å². The minimum Gasteiger partial charge on any atom is -0.374 e. The Labute approximate surface area is 109 Å². The van der Waals surface area contributed by atoms with Gasteiger partial charge in [-0.25, -0.2) is 4.98 Å². The van der Waals surface area contributed by atoms with Crippen molar-refractivity contribution in [3.8, 4) is 0 Å². The fourth-order valence-corrected chi connectivity index (χ4v) is 2.86. The Morgan fingerprint density at radius 3 is 3.12 bits per heavy atom. The lowest BCUT2D eigenvalue weighted by molar-refractivity contribution is 0.789. The Hall–Kier alpha value is -1.08. The number of rotatable bonds is 6. The molecule has 0 bridgehead atoms. The molecule has 92 valence electrons. The van der Waals surface area contributed by atoms with Gasteiger partial charge in [0.2, 0.25) is 0 Å². The molecule has 0 atom stereocenters. The Kier molecular flexibility index (Phi) is 4.38. The van der Waals surface area contributed by atoms with Crippen LogP contribution in [0.25, 0.3) is 0 Å². The molecule has 0 aliphatic rings. The number of hydrogen-bond acceptors (Lipinski definition) is 6. The number of aryl methyl sites for hydroxylation is 1. The number of nitrogens with one attached hydrogen (secondary N) is 1. The van der Waals surface area contributed by atoms with Gasteiger partial charge in [-0.05, 0) is 6.42 Å². The van der Waals surface area contributed by atoms with Crippen molar-refractivity contribution in [1.29, 1.82) is 0 Å². The van der Waals surface area contributed by atoms with Gasteiger partial charge < -0.3 is 9.88 Å². The Morgan fingerprint density at radius 2 is 2.41 bits per heavy atom. The predicted molar refractivity (Wildman–Crippen MR) is 71.5 cm³/mol. The van der Waals surface area contributed by atoms with Gasteiger partial charge >= 0.3 is 0 Å². The molecule has 2 aromatic heterocycles. The highest BCUT2D eigenvalue weighted by Crippen LogP contribution is 2.25. The minimum absolute atomic E-state index is 0.799. The van der Waals surface area contributed by atoms with E-state index in [-0.39, 0.29) is 0 Å². The lowest BCUT2D eigenvalue weighted by atomic mass is 10.4. The maximum absolute atomic E-state index is 4.27. The number of imidazole rings is 1. The number of anilines is 1. The monoisotopic (exact) mass is 269 g/mol. The van der Waals surface area contributed by atoms with Crippen LogP contribution < -0.4 is 5.32 Å². The molecule has 17 heavy (non-hydrogen) atoms. The zero-order chi connectivity index (χ0) is 12.1. The van der Waals surface area contributed by atoms with Crippen LogP contribution in [0.4, 0.5) is 5.00 Å². The highest BCUT2D eigenvalue weighted by molar-refractivity contribution is 7.98. The Bertz CT molecular complexity index is 465. The van der Waals surface area contributed by atoms with E-state index in [0.29, 0.717) is 0 Å². The molecule has 1 N–H and O–H groups in total. The van der Waals surface area contributed by atoms with E-state index in [1.807, 2.05) is 17.8 Å². The van der Waals surface area contributed by atoms with Crippen LogP contribution in [0.5, 0.6) is 0 Å². The summed E-state index contributed by atoms with van der Waals surface area (Å²) in [6, 6.07) is 0. The van der Waals surface area contributed by atoms with Crippen molar-refractivity contribution in [3.05, 3.63) is 18.1 Å². The van der Waals surface area contributed by atoms with Gasteiger partial charge in [0, 0.05) is 43.3 Å². The normalized spacial score (nSPS) is 10.7. The van der Waals surface area contributed by atoms with Crippen molar-refractivity contribution >= 4 is 28.3 Å². The molecule has 2 rings (SSSR count). The lowest BCUT2D eigenvalue weighted by Crippen LogP contribution is -2.00. The summed E-state index contributed by atoms with van der Waals surface area (Å²) in [6.45, 7) is 3.10. The van der Waals surface area contributed by atoms with Crippen LogP contribution in [0.1, 0.15) is 19.0 Å². The summed E-state index contributed by atoms with van der Waals surface area (Å²) in [6.07, 6.45) is 4.85. The largest absolute Gasteiger partial charge is 0.374 e. The van der Waals surface area contributed by atoms with Crippen molar-refractivity contribution in [3.63, 3.8) is 0 Å². The summed E-state index contributed by atoms with van der Waals surface area (Å²) >= 11 is 3.09. The quantitative estimate of drug-likeness (QED) is 0.816. The molecule has 0 aliphatic carbocycles. The third-order valence-electron chi connectivity index (χ3n) is 2.21. The van der Waals surface area contributed by atoms with E-state index in [2.05, 4.69) is 26.8 Å². The summed E-state index contributed by atoms with van der Waals surface area (Å²) in [4.78, 5) is 4.27. The molecular formula is C10H15N5S2. The molecule has 7 heteroatoms. The molecule has 2 heterocycles. The van der Waals surface area contributed by atoms with Gasteiger partial charge in [0.1, 0.15) is 10.7 Å². The summed E-state index contributed by atoms with van der Waals surface area (Å²) in [5.74, 6) is 0.799. The molecule has 0 unspecified atom stereocenters. The van der Waals surface area contributed by atoms with Gasteiger partial charge in [0.05, 0.1) is 0 Å². The zero-order valence-corrected chi connectivity index (χ0v) is 11.5. The number of nitrogens with zero attached hydrogens (tertiary/aromatic N) is 4. The van der Waals surface area contributed by atoms with E-state index in [9.17, 15) is 0 Å². The molecule has 0 aliphatic heterocycles. The average molecular weight is 269 g/mol. The number of thioether (sulfide) groups is 1. The fourth-order valence-electron chi connectivity index (χ4n) is 1.30. The second-order valence-corrected chi connectivity index (χ2v) is 5.28. The van der Waals surface area contributed by atoms with Gasteiger partial charge in [-0.1, -0.05) is 23.2 Å². The fraction of sp³-hybridized carbons (Fsp3) is 0.500. The van der Waals surface area contributed by atoms with Crippen LogP contribution in [-0.2, 0) is 12.8 Å². The molecule has 2 aromatic rings. The Morgan fingerprint density at radius 1 is 1.53 bits per heavy atom. The van der Waals surface area contributed by atoms with E-state index in [1.54, 1.807) is 18.0 Å². The molecular weight excluding hydrogens is 254 g/mol. The molecule has 0 amide bonds. The summed E-state index contributed by atoms with van der Waals surface area (Å²) in [5.41, 5.74) is 1.01. The van der Waals surface area contributed by atoms with Crippen molar-refractivity contribution in [1.82, 2.24) is 19.1 Å². The van der Waals surface area contributed by atoms with Gasteiger partial charge in [-0.3, -0.25) is 0 Å². The third kappa shape index (κ3) is 3.19. The van der Waals surface area contributed by atoms with Crippen LogP contribution in [-0.4, -0.2) is 25.7 Å². The standard InChI is InChI=1S/C10H15N5S2/c1-3-4-11-9-8(13-14-17-9)7-16-10-12-5-6-15(10)2/h5-6,11H,3-4,7H2,1-2H3. The Balaban J connectivity index is 1.95. The average Bonchev–Trinajstić information content (AvgIpc) is 2.93. The first-order valence-corrected chi connectivity index (χ1v) is 7.22. The summed E-state index contributed by atoms with van der Waals surface area (Å²) in [5, 5.41) is 9.56. The van der Waals surface area contributed by atoms with Crippen LogP contribution in [0, 0.1) is 0 Å². The first kappa shape index (κ1) is 12.4. The molecule has 5 nitrogen and oxygen atoms in total. The first-order valence-electron chi connectivity index (χ1n) is 5.46. The maximum atomic E-state index is 4.27. The first-order chi connectivity index (χ1) is 8.31. The molecule has 0 aromatic carbocycles. The topological polar surface area (TPSA) is 55.6 Å². The second kappa shape index (κ2) is 6.02. The van der Waals surface area contributed by atoms with Crippen LogP contribution in [0.15, 0.2) is 17.6 Å². The predicted octanol–water partition coefficient (Wildman–Crippen LogP) is 2.39. The van der Waals surface area contributed by atoms with Gasteiger partial charge in [-0.2, -0.15) is 0 Å². The van der Waals surface area contributed by atoms with E-state index < -0.39 is 0 Å². The van der Waals surface area contributed by atoms with Crippen molar-refractivity contribution < 1.29 is 0 Å². The third-order valence-corrected chi connectivity index (χ3v) is 4.00. The van der Waals surface area contributed by atoms with Gasteiger partial charge in [-0.15, -0.1) is 5.10 Å². The lowest BCUT2D eigenvalue weighted by Gasteiger charge is -2.03. The molecule has 0 saturated heterocycles. The van der Waals surface area contributed by atoms with Crippen LogP contribution in [0.3, 0.4) is 0 Å². The highest BCUT2D eigenvalue weighted by Gasteiger charge is 2.09. The minimum atomic E-state index is 0.799. The van der Waals surface area contributed by atoms with E-state index in [0.717, 1.165) is 34.6 Å². The molecule has 0 saturated carbocycles. The van der Waals surface area contributed by atoms with Gasteiger partial charge in [0.25, 0.3) is 0 Å². The van der Waals surface area contributed by atoms with Crippen LogP contribution in [0.2, 0.25) is 0 Å². The molecule has 0 spiro atoms. The smallest absolute Gasteiger partial charge is 0.168 e. The molecule has 0 radical (unpaired) electrons. The number of hydrogen-bond donors (Lipinski definition) is 1.